The third-order valence-electron chi connectivity index (χ3n) is 2.65. The molecule has 1 atom stereocenters. The number of carbonyl (C=O) groups is 1. The van der Waals surface area contributed by atoms with E-state index in [1.807, 2.05) is 31.7 Å². The van der Waals surface area contributed by atoms with E-state index in [0.29, 0.717) is 31.6 Å². The van der Waals surface area contributed by atoms with Crippen molar-refractivity contribution >= 4 is 27.5 Å². The third-order valence-corrected chi connectivity index (χ3v) is 5.50. The van der Waals surface area contributed by atoms with Gasteiger partial charge in [-0.25, -0.2) is 0 Å². The Bertz CT molecular complexity index is 392. The van der Waals surface area contributed by atoms with Gasteiger partial charge in [0.05, 0.1) is 19.8 Å². The van der Waals surface area contributed by atoms with Crippen LogP contribution in [0, 0.1) is 23.7 Å². The molecular weight excluding hydrogens is 344 g/mol. The molecular formula is C17H36N2O3S2. The van der Waals surface area contributed by atoms with Gasteiger partial charge in [-0.15, -0.1) is 0 Å². The molecule has 144 valence electrons. The Labute approximate surface area is 158 Å². The van der Waals surface area contributed by atoms with Gasteiger partial charge in [-0.2, -0.15) is 0 Å². The Morgan fingerprint density at radius 3 is 2.62 bits per heavy atom. The summed E-state index contributed by atoms with van der Waals surface area (Å²) in [4.78, 5) is 11.5. The smallest absolute Gasteiger partial charge is 0.246 e. The average Bonchev–Trinajstić information content (AvgIpc) is 2.52. The number of nitrogens with one attached hydrogen (secondary N) is 2. The van der Waals surface area contributed by atoms with Gasteiger partial charge in [-0.3, -0.25) is 4.79 Å². The van der Waals surface area contributed by atoms with Crippen LogP contribution >= 0.6 is 21.6 Å². The van der Waals surface area contributed by atoms with E-state index in [0.717, 1.165) is 12.3 Å². The predicted molar refractivity (Wildman–Crippen MR) is 109 cm³/mol. The van der Waals surface area contributed by atoms with Crippen LogP contribution in [0.5, 0.6) is 0 Å². The van der Waals surface area contributed by atoms with Crippen molar-refractivity contribution in [3.63, 3.8) is 0 Å². The van der Waals surface area contributed by atoms with Crippen LogP contribution in [0.15, 0.2) is 0 Å². The fourth-order valence-corrected chi connectivity index (χ4v) is 4.09. The van der Waals surface area contributed by atoms with Crippen LogP contribution < -0.4 is 10.6 Å². The summed E-state index contributed by atoms with van der Waals surface area (Å²) in [5.41, 5.74) is 0.135. The van der Waals surface area contributed by atoms with E-state index < -0.39 is 0 Å². The second-order valence-corrected chi connectivity index (χ2v) is 8.40. The first-order chi connectivity index (χ1) is 11.5. The Morgan fingerprint density at radius 2 is 2.00 bits per heavy atom. The summed E-state index contributed by atoms with van der Waals surface area (Å²) in [6, 6.07) is 0. The molecule has 24 heavy (non-hydrogen) atoms. The molecule has 2 N–H and O–H groups in total. The Morgan fingerprint density at radius 1 is 1.25 bits per heavy atom. The fourth-order valence-electron chi connectivity index (χ4n) is 1.43. The largest absolute Gasteiger partial charge is 0.369 e. The van der Waals surface area contributed by atoms with E-state index in [1.54, 1.807) is 10.8 Å². The molecule has 0 radical (unpaired) electrons. The normalized spacial score (nSPS) is 12.1. The minimum atomic E-state index is -0.148. The van der Waals surface area contributed by atoms with Gasteiger partial charge in [0.1, 0.15) is 12.0 Å². The number of rotatable bonds is 13. The van der Waals surface area contributed by atoms with Crippen molar-refractivity contribution in [3.8, 4) is 11.8 Å². The van der Waals surface area contributed by atoms with Crippen LogP contribution in [-0.4, -0.2) is 57.1 Å². The summed E-state index contributed by atoms with van der Waals surface area (Å²) in [5.74, 6) is 7.54. The standard InChI is InChI=1S/C17H32N2O3S2.2H2/c1-14(2)7-6-8-19-16(20)13-21-10-11-22-17(15(3)4)24-23-12-9-18-5;;/h14-15,17-18H,8-13H2,1-5H3,(H,19,20);2*1H. The molecule has 5 nitrogen and oxygen atoms in total. The number of amides is 1. The minimum Gasteiger partial charge on any atom is -0.369 e. The molecule has 0 saturated heterocycles. The molecule has 0 spiro atoms. The molecule has 0 aliphatic carbocycles. The van der Waals surface area contributed by atoms with E-state index in [9.17, 15) is 4.79 Å². The van der Waals surface area contributed by atoms with Gasteiger partial charge in [0.2, 0.25) is 5.91 Å². The summed E-state index contributed by atoms with van der Waals surface area (Å²) < 4.78 is 11.2. The zero-order valence-corrected chi connectivity index (χ0v) is 17.1. The maximum absolute atomic E-state index is 11.5. The Hall–Kier alpha value is -0.390. The van der Waals surface area contributed by atoms with Crippen molar-refractivity contribution < 1.29 is 17.1 Å². The SMILES string of the molecule is CNCCSSC(OCCOCC(=O)NCC#CC(C)C)C(C)C.[HH].[HH]. The van der Waals surface area contributed by atoms with Crippen molar-refractivity contribution in [1.82, 2.24) is 10.6 Å². The quantitative estimate of drug-likeness (QED) is 0.222. The van der Waals surface area contributed by atoms with E-state index in [-0.39, 0.29) is 20.8 Å². The molecule has 0 rings (SSSR count). The molecule has 0 aliphatic rings. The van der Waals surface area contributed by atoms with E-state index >= 15 is 0 Å². The Balaban J connectivity index is -0.00000264. The molecule has 0 aromatic carbocycles. The molecule has 0 saturated carbocycles. The van der Waals surface area contributed by atoms with Crippen LogP contribution in [0.2, 0.25) is 0 Å². The highest BCUT2D eigenvalue weighted by Gasteiger charge is 2.14. The van der Waals surface area contributed by atoms with Crippen molar-refractivity contribution in [2.75, 3.05) is 45.7 Å². The number of hydrogen-bond donors (Lipinski definition) is 2. The second kappa shape index (κ2) is 16.1. The van der Waals surface area contributed by atoms with Gasteiger partial charge in [0.25, 0.3) is 0 Å². The van der Waals surface area contributed by atoms with Gasteiger partial charge >= 0.3 is 0 Å². The second-order valence-electron chi connectivity index (χ2n) is 5.81. The lowest BCUT2D eigenvalue weighted by Gasteiger charge is -2.20. The Kier molecular flexibility index (Phi) is 15.8. The number of hydrogen-bond acceptors (Lipinski definition) is 6. The number of carbonyl (C=O) groups excluding carboxylic acids is 1. The van der Waals surface area contributed by atoms with Crippen molar-refractivity contribution in [2.24, 2.45) is 11.8 Å². The molecule has 1 amide bonds. The first-order valence-corrected chi connectivity index (χ1v) is 10.7. The number of ether oxygens (including phenoxy) is 2. The van der Waals surface area contributed by atoms with Crippen LogP contribution in [0.4, 0.5) is 0 Å². The van der Waals surface area contributed by atoms with Crippen molar-refractivity contribution in [1.29, 1.82) is 0 Å². The first-order valence-electron chi connectivity index (χ1n) is 8.34. The first kappa shape index (κ1) is 23.6. The monoisotopic (exact) mass is 380 g/mol. The molecule has 0 aromatic heterocycles. The topological polar surface area (TPSA) is 59.6 Å². The third kappa shape index (κ3) is 15.2. The molecule has 0 fully saturated rings. The van der Waals surface area contributed by atoms with Gasteiger partial charge in [0.15, 0.2) is 0 Å². The van der Waals surface area contributed by atoms with E-state index in [1.165, 1.54) is 0 Å². The van der Waals surface area contributed by atoms with Crippen molar-refractivity contribution in [3.05, 3.63) is 0 Å². The van der Waals surface area contributed by atoms with E-state index in [4.69, 9.17) is 9.47 Å². The summed E-state index contributed by atoms with van der Waals surface area (Å²) in [6.07, 6.45) is 0. The zero-order valence-electron chi connectivity index (χ0n) is 15.5. The highest BCUT2D eigenvalue weighted by molar-refractivity contribution is 8.76. The van der Waals surface area contributed by atoms with Crippen molar-refractivity contribution in [2.45, 2.75) is 33.1 Å². The van der Waals surface area contributed by atoms with Gasteiger partial charge in [-0.1, -0.05) is 61.1 Å². The average molecular weight is 381 g/mol. The van der Waals surface area contributed by atoms with Crippen LogP contribution in [0.25, 0.3) is 0 Å². The van der Waals surface area contributed by atoms with Gasteiger partial charge in [-0.05, 0) is 13.0 Å². The molecule has 0 aromatic rings. The summed E-state index contributed by atoms with van der Waals surface area (Å²) in [7, 11) is 5.51. The summed E-state index contributed by atoms with van der Waals surface area (Å²) in [6.45, 7) is 10.6. The zero-order chi connectivity index (χ0) is 18.2. The highest BCUT2D eigenvalue weighted by Crippen LogP contribution is 2.31. The lowest BCUT2D eigenvalue weighted by Crippen LogP contribution is -2.28. The van der Waals surface area contributed by atoms with E-state index in [2.05, 4.69) is 36.3 Å². The predicted octanol–water partition coefficient (Wildman–Crippen LogP) is 2.87. The summed E-state index contributed by atoms with van der Waals surface area (Å²) in [5, 5.41) is 5.83. The molecule has 1 unspecified atom stereocenters. The summed E-state index contributed by atoms with van der Waals surface area (Å²) >= 11 is 0. The molecule has 7 heteroatoms. The van der Waals surface area contributed by atoms with Gasteiger partial charge < -0.3 is 20.1 Å². The highest BCUT2D eigenvalue weighted by atomic mass is 33.1. The molecule has 0 bridgehead atoms. The van der Waals surface area contributed by atoms with Gasteiger partial charge in [0, 0.05) is 21.1 Å². The minimum absolute atomic E-state index is 0. The lowest BCUT2D eigenvalue weighted by molar-refractivity contribution is -0.126. The van der Waals surface area contributed by atoms with Crippen LogP contribution in [0.1, 0.15) is 30.5 Å². The lowest BCUT2D eigenvalue weighted by atomic mass is 10.2. The van der Waals surface area contributed by atoms with Crippen LogP contribution in [0.3, 0.4) is 0 Å². The van der Waals surface area contributed by atoms with Crippen LogP contribution in [-0.2, 0) is 14.3 Å². The molecule has 0 aliphatic heterocycles. The maximum atomic E-state index is 11.5. The molecule has 0 heterocycles. The fraction of sp³-hybridized carbons (Fsp3) is 0.824. The maximum Gasteiger partial charge on any atom is 0.246 e.